The van der Waals surface area contributed by atoms with Crippen molar-refractivity contribution in [1.82, 2.24) is 9.97 Å². The maximum absolute atomic E-state index is 5.96. The Bertz CT molecular complexity index is 610. The summed E-state index contributed by atoms with van der Waals surface area (Å²) >= 11 is 0. The number of nitrogens with two attached hydrogens (primary N) is 1. The van der Waals surface area contributed by atoms with E-state index in [1.54, 1.807) is 0 Å². The summed E-state index contributed by atoms with van der Waals surface area (Å²) in [7, 11) is 0. The lowest BCUT2D eigenvalue weighted by atomic mass is 9.91. The highest BCUT2D eigenvalue weighted by Crippen LogP contribution is 2.27. The molecule has 3 heteroatoms. The van der Waals surface area contributed by atoms with Gasteiger partial charge in [0.25, 0.3) is 0 Å². The monoisotopic (exact) mass is 255 g/mol. The summed E-state index contributed by atoms with van der Waals surface area (Å²) < 4.78 is 0. The number of aromatic nitrogens is 2. The SMILES string of the molecule is Cc1cc(C(C)(C)C)nc(-c2cccc(N)c2C)n1. The van der Waals surface area contributed by atoms with E-state index in [1.165, 1.54) is 0 Å². The van der Waals surface area contributed by atoms with Crippen molar-refractivity contribution in [1.29, 1.82) is 0 Å². The van der Waals surface area contributed by atoms with Crippen molar-refractivity contribution in [3.63, 3.8) is 0 Å². The molecule has 0 saturated carbocycles. The van der Waals surface area contributed by atoms with Gasteiger partial charge in [-0.2, -0.15) is 0 Å². The Labute approximate surface area is 114 Å². The van der Waals surface area contributed by atoms with E-state index in [-0.39, 0.29) is 5.41 Å². The first-order valence-electron chi connectivity index (χ1n) is 6.50. The molecule has 19 heavy (non-hydrogen) atoms. The molecule has 1 heterocycles. The molecule has 3 nitrogen and oxygen atoms in total. The van der Waals surface area contributed by atoms with Gasteiger partial charge in [0.15, 0.2) is 5.82 Å². The molecule has 0 fully saturated rings. The minimum absolute atomic E-state index is 0.0106. The summed E-state index contributed by atoms with van der Waals surface area (Å²) in [5, 5.41) is 0. The predicted octanol–water partition coefficient (Wildman–Crippen LogP) is 3.64. The average molecular weight is 255 g/mol. The van der Waals surface area contributed by atoms with E-state index in [0.717, 1.165) is 34.0 Å². The summed E-state index contributed by atoms with van der Waals surface area (Å²) in [6.07, 6.45) is 0. The van der Waals surface area contributed by atoms with Gasteiger partial charge >= 0.3 is 0 Å². The van der Waals surface area contributed by atoms with Crippen molar-refractivity contribution in [2.45, 2.75) is 40.0 Å². The molecular formula is C16H21N3. The second kappa shape index (κ2) is 4.65. The highest BCUT2D eigenvalue weighted by Gasteiger charge is 2.18. The first-order valence-corrected chi connectivity index (χ1v) is 6.50. The molecule has 1 aromatic carbocycles. The highest BCUT2D eigenvalue weighted by molar-refractivity contribution is 5.67. The van der Waals surface area contributed by atoms with Crippen LogP contribution in [0, 0.1) is 13.8 Å². The minimum Gasteiger partial charge on any atom is -0.398 e. The first kappa shape index (κ1) is 13.5. The van der Waals surface area contributed by atoms with Crippen LogP contribution in [0.3, 0.4) is 0 Å². The lowest BCUT2D eigenvalue weighted by Gasteiger charge is -2.19. The number of rotatable bonds is 1. The van der Waals surface area contributed by atoms with Crippen LogP contribution in [0.1, 0.15) is 37.7 Å². The topological polar surface area (TPSA) is 51.8 Å². The van der Waals surface area contributed by atoms with Gasteiger partial charge in [-0.1, -0.05) is 32.9 Å². The molecule has 0 spiro atoms. The van der Waals surface area contributed by atoms with Crippen LogP contribution in [-0.2, 0) is 5.41 Å². The second-order valence-corrected chi connectivity index (χ2v) is 5.99. The average Bonchev–Trinajstić information content (AvgIpc) is 2.31. The van der Waals surface area contributed by atoms with Gasteiger partial charge in [0.05, 0.1) is 5.69 Å². The van der Waals surface area contributed by atoms with Crippen LogP contribution in [0.15, 0.2) is 24.3 Å². The summed E-state index contributed by atoms with van der Waals surface area (Å²) in [6, 6.07) is 7.91. The summed E-state index contributed by atoms with van der Waals surface area (Å²) in [6.45, 7) is 10.5. The Morgan fingerprint density at radius 1 is 1.05 bits per heavy atom. The van der Waals surface area contributed by atoms with E-state index >= 15 is 0 Å². The van der Waals surface area contributed by atoms with Crippen LogP contribution < -0.4 is 5.73 Å². The summed E-state index contributed by atoms with van der Waals surface area (Å²) in [4.78, 5) is 9.26. The first-order chi connectivity index (χ1) is 8.79. The number of hydrogen-bond donors (Lipinski definition) is 1. The number of anilines is 1. The standard InChI is InChI=1S/C16H21N3/c1-10-9-14(16(3,4)5)19-15(18-10)12-7-6-8-13(17)11(12)2/h6-9H,17H2,1-5H3. The Morgan fingerprint density at radius 3 is 2.37 bits per heavy atom. The summed E-state index contributed by atoms with van der Waals surface area (Å²) in [5.74, 6) is 0.759. The molecule has 0 saturated heterocycles. The Morgan fingerprint density at radius 2 is 1.74 bits per heavy atom. The van der Waals surface area contributed by atoms with E-state index < -0.39 is 0 Å². The zero-order chi connectivity index (χ0) is 14.2. The smallest absolute Gasteiger partial charge is 0.159 e. The number of nitrogens with zero attached hydrogens (tertiary/aromatic N) is 2. The van der Waals surface area contributed by atoms with Gasteiger partial charge in [0, 0.05) is 22.4 Å². The highest BCUT2D eigenvalue weighted by atomic mass is 14.9. The van der Waals surface area contributed by atoms with Crippen LogP contribution in [0.2, 0.25) is 0 Å². The molecule has 0 aliphatic rings. The molecule has 2 aromatic rings. The molecular weight excluding hydrogens is 234 g/mol. The maximum Gasteiger partial charge on any atom is 0.159 e. The van der Waals surface area contributed by atoms with Gasteiger partial charge in [-0.05, 0) is 31.5 Å². The van der Waals surface area contributed by atoms with Crippen molar-refractivity contribution < 1.29 is 0 Å². The lowest BCUT2D eigenvalue weighted by molar-refractivity contribution is 0.566. The van der Waals surface area contributed by atoms with E-state index in [1.807, 2.05) is 38.1 Å². The van der Waals surface area contributed by atoms with E-state index in [4.69, 9.17) is 10.7 Å². The number of benzene rings is 1. The molecule has 0 amide bonds. The number of nitrogen functional groups attached to an aromatic ring is 1. The van der Waals surface area contributed by atoms with Crippen LogP contribution in [-0.4, -0.2) is 9.97 Å². The van der Waals surface area contributed by atoms with Crippen LogP contribution in [0.25, 0.3) is 11.4 Å². The van der Waals surface area contributed by atoms with Crippen molar-refractivity contribution in [2.24, 2.45) is 0 Å². The third kappa shape index (κ3) is 2.75. The molecule has 0 bridgehead atoms. The molecule has 0 aliphatic heterocycles. The van der Waals surface area contributed by atoms with Gasteiger partial charge in [0.2, 0.25) is 0 Å². The fourth-order valence-electron chi connectivity index (χ4n) is 1.97. The molecule has 0 atom stereocenters. The largest absolute Gasteiger partial charge is 0.398 e. The van der Waals surface area contributed by atoms with Crippen LogP contribution in [0.5, 0.6) is 0 Å². The Balaban J connectivity index is 2.63. The van der Waals surface area contributed by atoms with E-state index in [9.17, 15) is 0 Å². The van der Waals surface area contributed by atoms with Crippen LogP contribution in [0.4, 0.5) is 5.69 Å². The van der Waals surface area contributed by atoms with E-state index in [2.05, 4.69) is 25.8 Å². The fraction of sp³-hybridized carbons (Fsp3) is 0.375. The molecule has 0 aliphatic carbocycles. The Hall–Kier alpha value is -1.90. The van der Waals surface area contributed by atoms with Crippen LogP contribution >= 0.6 is 0 Å². The number of hydrogen-bond acceptors (Lipinski definition) is 3. The molecule has 1 aromatic heterocycles. The summed E-state index contributed by atoms with van der Waals surface area (Å²) in [5.41, 5.74) is 10.8. The maximum atomic E-state index is 5.96. The van der Waals surface area contributed by atoms with Crippen molar-refractivity contribution in [3.05, 3.63) is 41.2 Å². The van der Waals surface area contributed by atoms with Gasteiger partial charge in [-0.25, -0.2) is 9.97 Å². The van der Waals surface area contributed by atoms with Crippen molar-refractivity contribution in [2.75, 3.05) is 5.73 Å². The minimum atomic E-state index is 0.0106. The predicted molar refractivity (Wildman–Crippen MR) is 80.1 cm³/mol. The normalized spacial score (nSPS) is 11.6. The van der Waals surface area contributed by atoms with Gasteiger partial charge in [-0.3, -0.25) is 0 Å². The van der Waals surface area contributed by atoms with Crippen molar-refractivity contribution >= 4 is 5.69 Å². The zero-order valence-electron chi connectivity index (χ0n) is 12.3. The Kier molecular flexibility index (Phi) is 3.31. The third-order valence-electron chi connectivity index (χ3n) is 3.24. The molecule has 0 radical (unpaired) electrons. The van der Waals surface area contributed by atoms with Gasteiger partial charge in [0.1, 0.15) is 0 Å². The quantitative estimate of drug-likeness (QED) is 0.791. The zero-order valence-corrected chi connectivity index (χ0v) is 12.3. The van der Waals surface area contributed by atoms with E-state index in [0.29, 0.717) is 0 Å². The van der Waals surface area contributed by atoms with Gasteiger partial charge < -0.3 is 5.73 Å². The third-order valence-corrected chi connectivity index (χ3v) is 3.24. The fourth-order valence-corrected chi connectivity index (χ4v) is 1.97. The van der Waals surface area contributed by atoms with Crippen molar-refractivity contribution in [3.8, 4) is 11.4 Å². The lowest BCUT2D eigenvalue weighted by Crippen LogP contribution is -2.15. The molecule has 2 N–H and O–H groups in total. The molecule has 2 rings (SSSR count). The molecule has 100 valence electrons. The van der Waals surface area contributed by atoms with Gasteiger partial charge in [-0.15, -0.1) is 0 Å². The molecule has 0 unspecified atom stereocenters. The number of aryl methyl sites for hydroxylation is 1. The second-order valence-electron chi connectivity index (χ2n) is 5.99.